The number of rotatable bonds is 12. The zero-order valence-electron chi connectivity index (χ0n) is 18.3. The summed E-state index contributed by atoms with van der Waals surface area (Å²) in [6.45, 7) is 2.44. The second-order valence-electron chi connectivity index (χ2n) is 7.40. The van der Waals surface area contributed by atoms with Crippen LogP contribution in [0.5, 0.6) is 5.75 Å². The normalized spacial score (nSPS) is 11.3. The summed E-state index contributed by atoms with van der Waals surface area (Å²) in [5.74, 6) is -1.44. The number of amides is 2. The number of primary amides is 1. The number of carbonyl (C=O) groups excluding carboxylic acids is 2. The summed E-state index contributed by atoms with van der Waals surface area (Å²) >= 11 is 0. The average molecular weight is 457 g/mol. The van der Waals surface area contributed by atoms with Gasteiger partial charge >= 0.3 is 5.69 Å². The van der Waals surface area contributed by atoms with Gasteiger partial charge in [0.05, 0.1) is 11.5 Å². The molecule has 0 radical (unpaired) electrons. The fourth-order valence-electron chi connectivity index (χ4n) is 2.99. The number of nitrogens with zero attached hydrogens (tertiary/aromatic N) is 2. The Morgan fingerprint density at radius 1 is 1.15 bits per heavy atom. The SMILES string of the molecule is Cc1ccc(CCOc2cc(C(=O)N[C@@H](CCCN=C(N)N)C(N)=O)ccc2[N+](=O)[O-])cc1. The molecule has 0 bridgehead atoms. The van der Waals surface area contributed by atoms with Crippen molar-refractivity contribution >= 4 is 23.5 Å². The van der Waals surface area contributed by atoms with Gasteiger partial charge in [-0.3, -0.25) is 24.7 Å². The minimum Gasteiger partial charge on any atom is -0.486 e. The molecule has 0 heterocycles. The van der Waals surface area contributed by atoms with Gasteiger partial charge in [-0.1, -0.05) is 29.8 Å². The van der Waals surface area contributed by atoms with E-state index in [9.17, 15) is 19.7 Å². The van der Waals surface area contributed by atoms with Crippen LogP contribution in [0.3, 0.4) is 0 Å². The van der Waals surface area contributed by atoms with Gasteiger partial charge in [-0.25, -0.2) is 0 Å². The van der Waals surface area contributed by atoms with E-state index in [0.29, 0.717) is 12.8 Å². The predicted molar refractivity (Wildman–Crippen MR) is 124 cm³/mol. The maximum absolute atomic E-state index is 12.6. The summed E-state index contributed by atoms with van der Waals surface area (Å²) in [4.78, 5) is 39.0. The van der Waals surface area contributed by atoms with Crippen LogP contribution in [0.1, 0.15) is 34.3 Å². The third kappa shape index (κ3) is 8.13. The van der Waals surface area contributed by atoms with Crippen LogP contribution in [0.25, 0.3) is 0 Å². The summed E-state index contributed by atoms with van der Waals surface area (Å²) in [6, 6.07) is 10.6. The van der Waals surface area contributed by atoms with Crippen molar-refractivity contribution in [1.82, 2.24) is 5.32 Å². The molecule has 33 heavy (non-hydrogen) atoms. The molecule has 11 heteroatoms. The number of aliphatic imine (C=N–C) groups is 1. The Bertz CT molecular complexity index is 1020. The number of benzene rings is 2. The smallest absolute Gasteiger partial charge is 0.310 e. The van der Waals surface area contributed by atoms with Crippen molar-refractivity contribution in [2.24, 2.45) is 22.2 Å². The van der Waals surface area contributed by atoms with E-state index in [4.69, 9.17) is 21.9 Å². The van der Waals surface area contributed by atoms with Gasteiger partial charge < -0.3 is 27.3 Å². The highest BCUT2D eigenvalue weighted by molar-refractivity contribution is 5.98. The quantitative estimate of drug-likeness (QED) is 0.121. The van der Waals surface area contributed by atoms with Gasteiger partial charge in [-0.05, 0) is 31.4 Å². The van der Waals surface area contributed by atoms with Gasteiger partial charge in [0.15, 0.2) is 11.7 Å². The third-order valence-corrected chi connectivity index (χ3v) is 4.78. The van der Waals surface area contributed by atoms with Gasteiger partial charge in [0.2, 0.25) is 5.91 Å². The second kappa shape index (κ2) is 12.0. The number of hydrogen-bond acceptors (Lipinski definition) is 6. The number of nitrogens with two attached hydrogens (primary N) is 3. The van der Waals surface area contributed by atoms with Crippen molar-refractivity contribution < 1.29 is 19.2 Å². The number of nitrogens with one attached hydrogen (secondary N) is 1. The molecule has 0 fully saturated rings. The number of nitro groups is 1. The molecule has 2 aromatic carbocycles. The van der Waals surface area contributed by atoms with Crippen molar-refractivity contribution in [1.29, 1.82) is 0 Å². The summed E-state index contributed by atoms with van der Waals surface area (Å²) < 4.78 is 5.63. The Hall–Kier alpha value is -4.15. The first-order valence-corrected chi connectivity index (χ1v) is 10.3. The molecule has 0 aliphatic rings. The molecule has 7 N–H and O–H groups in total. The van der Waals surface area contributed by atoms with E-state index in [1.807, 2.05) is 31.2 Å². The summed E-state index contributed by atoms with van der Waals surface area (Å²) in [7, 11) is 0. The summed E-state index contributed by atoms with van der Waals surface area (Å²) in [5.41, 5.74) is 17.9. The Morgan fingerprint density at radius 3 is 2.45 bits per heavy atom. The molecule has 1 atom stereocenters. The maximum Gasteiger partial charge on any atom is 0.310 e. The zero-order chi connectivity index (χ0) is 24.4. The highest BCUT2D eigenvalue weighted by Crippen LogP contribution is 2.28. The fourth-order valence-corrected chi connectivity index (χ4v) is 2.99. The molecule has 2 rings (SSSR count). The molecule has 0 saturated heterocycles. The average Bonchev–Trinajstić information content (AvgIpc) is 2.76. The first-order chi connectivity index (χ1) is 15.7. The van der Waals surface area contributed by atoms with Gasteiger partial charge in [0.1, 0.15) is 6.04 Å². The number of carbonyl (C=O) groups is 2. The first kappa shape index (κ1) is 25.1. The van der Waals surface area contributed by atoms with Crippen molar-refractivity contribution in [3.05, 3.63) is 69.3 Å². The van der Waals surface area contributed by atoms with Crippen molar-refractivity contribution in [2.75, 3.05) is 13.2 Å². The lowest BCUT2D eigenvalue weighted by Crippen LogP contribution is -2.44. The van der Waals surface area contributed by atoms with Crippen LogP contribution >= 0.6 is 0 Å². The monoisotopic (exact) mass is 456 g/mol. The summed E-state index contributed by atoms with van der Waals surface area (Å²) in [5, 5.41) is 13.9. The van der Waals surface area contributed by atoms with Crippen LogP contribution in [0.2, 0.25) is 0 Å². The van der Waals surface area contributed by atoms with Crippen LogP contribution in [0.15, 0.2) is 47.5 Å². The lowest BCUT2D eigenvalue weighted by atomic mass is 10.1. The topological polar surface area (TPSA) is 189 Å². The van der Waals surface area contributed by atoms with Gasteiger partial charge in [0.25, 0.3) is 5.91 Å². The van der Waals surface area contributed by atoms with Crippen molar-refractivity contribution in [3.8, 4) is 5.75 Å². The van der Waals surface area contributed by atoms with Crippen LogP contribution < -0.4 is 27.3 Å². The second-order valence-corrected chi connectivity index (χ2v) is 7.40. The van der Waals surface area contributed by atoms with Crippen LogP contribution in [-0.2, 0) is 11.2 Å². The van der Waals surface area contributed by atoms with E-state index in [0.717, 1.165) is 11.1 Å². The van der Waals surface area contributed by atoms with E-state index in [2.05, 4.69) is 10.3 Å². The van der Waals surface area contributed by atoms with Crippen molar-refractivity contribution in [2.45, 2.75) is 32.2 Å². The van der Waals surface area contributed by atoms with E-state index in [-0.39, 0.29) is 42.5 Å². The molecule has 0 spiro atoms. The third-order valence-electron chi connectivity index (χ3n) is 4.78. The predicted octanol–water partition coefficient (Wildman–Crippen LogP) is 1.16. The standard InChI is InChI=1S/C22H28N6O5/c1-14-4-6-15(7-5-14)10-12-33-19-13-16(8-9-18(19)28(31)32)21(30)27-17(20(23)29)3-2-11-26-22(24)25/h4-9,13,17H,2-3,10-12H2,1H3,(H2,23,29)(H,27,30)(H4,24,25,26)/t17-/m0/s1. The van der Waals surface area contributed by atoms with Crippen LogP contribution in [0, 0.1) is 17.0 Å². The largest absolute Gasteiger partial charge is 0.486 e. The molecule has 11 nitrogen and oxygen atoms in total. The van der Waals surface area contributed by atoms with Crippen molar-refractivity contribution in [3.63, 3.8) is 0 Å². The first-order valence-electron chi connectivity index (χ1n) is 10.3. The van der Waals surface area contributed by atoms with Gasteiger partial charge in [-0.15, -0.1) is 0 Å². The minimum atomic E-state index is -0.951. The van der Waals surface area contributed by atoms with Crippen LogP contribution in [0.4, 0.5) is 5.69 Å². The molecule has 2 aromatic rings. The number of nitro benzene ring substituents is 1. The van der Waals surface area contributed by atoms with Crippen LogP contribution in [-0.4, -0.2) is 41.9 Å². The number of guanidine groups is 1. The number of hydrogen-bond donors (Lipinski definition) is 4. The highest BCUT2D eigenvalue weighted by Gasteiger charge is 2.22. The number of aryl methyl sites for hydroxylation is 1. The molecule has 0 aliphatic carbocycles. The van der Waals surface area contributed by atoms with Gasteiger partial charge in [-0.2, -0.15) is 0 Å². The minimum absolute atomic E-state index is 0.0388. The molecule has 0 saturated carbocycles. The molecule has 0 aromatic heterocycles. The summed E-state index contributed by atoms with van der Waals surface area (Å²) in [6.07, 6.45) is 1.18. The molecular weight excluding hydrogens is 428 g/mol. The zero-order valence-corrected chi connectivity index (χ0v) is 18.3. The number of ether oxygens (including phenoxy) is 1. The molecular formula is C22H28N6O5. The van der Waals surface area contributed by atoms with E-state index < -0.39 is 22.8 Å². The Kier molecular flexibility index (Phi) is 9.16. The maximum atomic E-state index is 12.6. The van der Waals surface area contributed by atoms with E-state index in [1.165, 1.54) is 18.2 Å². The Balaban J connectivity index is 2.07. The van der Waals surface area contributed by atoms with E-state index >= 15 is 0 Å². The van der Waals surface area contributed by atoms with E-state index in [1.54, 1.807) is 0 Å². The molecule has 2 amide bonds. The molecule has 0 aliphatic heterocycles. The molecule has 176 valence electrons. The lowest BCUT2D eigenvalue weighted by molar-refractivity contribution is -0.385. The Labute approximate surface area is 191 Å². The lowest BCUT2D eigenvalue weighted by Gasteiger charge is -2.15. The highest BCUT2D eigenvalue weighted by atomic mass is 16.6. The fraction of sp³-hybridized carbons (Fsp3) is 0.318. The molecule has 0 unspecified atom stereocenters. The van der Waals surface area contributed by atoms with Gasteiger partial charge in [0, 0.05) is 30.7 Å². The Morgan fingerprint density at radius 2 is 1.85 bits per heavy atom.